The predicted octanol–water partition coefficient (Wildman–Crippen LogP) is 3.27. The Kier molecular flexibility index (Phi) is 5.82. The number of anilines is 1. The van der Waals surface area contributed by atoms with Gasteiger partial charge in [0.1, 0.15) is 6.04 Å². The predicted molar refractivity (Wildman–Crippen MR) is 79.2 cm³/mol. The van der Waals surface area contributed by atoms with Crippen LogP contribution in [0.1, 0.15) is 25.8 Å². The van der Waals surface area contributed by atoms with Crippen molar-refractivity contribution in [2.45, 2.75) is 33.2 Å². The molecule has 0 aliphatic heterocycles. The zero-order valence-corrected chi connectivity index (χ0v) is 12.5. The van der Waals surface area contributed by atoms with Crippen LogP contribution in [0.25, 0.3) is 0 Å². The molecule has 6 heteroatoms. The Balaban J connectivity index is 2.65. The normalized spacial score (nSPS) is 12.1. The lowest BCUT2D eigenvalue weighted by atomic mass is 10.0. The van der Waals surface area contributed by atoms with Crippen molar-refractivity contribution in [3.63, 3.8) is 0 Å². The van der Waals surface area contributed by atoms with Gasteiger partial charge in [0.05, 0.1) is 0 Å². The molecule has 5 nitrogen and oxygen atoms in total. The van der Waals surface area contributed by atoms with Gasteiger partial charge in [0, 0.05) is 10.7 Å². The van der Waals surface area contributed by atoms with E-state index in [2.05, 4.69) is 10.6 Å². The third kappa shape index (κ3) is 5.09. The Morgan fingerprint density at radius 1 is 1.35 bits per heavy atom. The van der Waals surface area contributed by atoms with E-state index in [9.17, 15) is 9.59 Å². The molecule has 1 aromatic rings. The number of carbonyl (C=O) groups excluding carboxylic acids is 1. The van der Waals surface area contributed by atoms with Crippen molar-refractivity contribution in [1.82, 2.24) is 5.32 Å². The quantitative estimate of drug-likeness (QED) is 0.780. The Morgan fingerprint density at radius 3 is 2.50 bits per heavy atom. The summed E-state index contributed by atoms with van der Waals surface area (Å²) in [7, 11) is 0. The summed E-state index contributed by atoms with van der Waals surface area (Å²) in [4.78, 5) is 22.8. The van der Waals surface area contributed by atoms with Crippen LogP contribution < -0.4 is 10.6 Å². The van der Waals surface area contributed by atoms with Crippen LogP contribution in [0.2, 0.25) is 5.02 Å². The summed E-state index contributed by atoms with van der Waals surface area (Å²) in [5.74, 6) is -0.874. The zero-order valence-electron chi connectivity index (χ0n) is 11.7. The first-order chi connectivity index (χ1) is 9.29. The van der Waals surface area contributed by atoms with E-state index in [-0.39, 0.29) is 5.92 Å². The number of amides is 2. The number of nitrogens with one attached hydrogen (secondary N) is 2. The van der Waals surface area contributed by atoms with E-state index in [4.69, 9.17) is 16.7 Å². The molecule has 1 atom stereocenters. The monoisotopic (exact) mass is 298 g/mol. The summed E-state index contributed by atoms with van der Waals surface area (Å²) in [5, 5.41) is 14.6. The number of aliphatic carboxylic acids is 1. The number of halogens is 1. The molecular weight excluding hydrogens is 280 g/mol. The van der Waals surface area contributed by atoms with Crippen LogP contribution in [-0.4, -0.2) is 23.1 Å². The zero-order chi connectivity index (χ0) is 15.3. The van der Waals surface area contributed by atoms with E-state index in [1.807, 2.05) is 20.8 Å². The molecule has 0 aliphatic carbocycles. The van der Waals surface area contributed by atoms with Crippen LogP contribution in [0.3, 0.4) is 0 Å². The number of rotatable bonds is 5. The standard InChI is InChI=1S/C14H19ClN2O3/c1-8(2)6-12(13(18)19)17-14(20)16-10-5-4-9(3)11(15)7-10/h4-5,7-8,12H,6H2,1-3H3,(H,18,19)(H2,16,17,20)/t12-/m0/s1. The number of benzene rings is 1. The molecule has 20 heavy (non-hydrogen) atoms. The van der Waals surface area contributed by atoms with E-state index >= 15 is 0 Å². The van der Waals surface area contributed by atoms with E-state index < -0.39 is 18.0 Å². The van der Waals surface area contributed by atoms with Gasteiger partial charge >= 0.3 is 12.0 Å². The molecule has 0 aliphatic rings. The maximum atomic E-state index is 11.8. The lowest BCUT2D eigenvalue weighted by Crippen LogP contribution is -2.43. The maximum Gasteiger partial charge on any atom is 0.326 e. The summed E-state index contributed by atoms with van der Waals surface area (Å²) < 4.78 is 0. The number of aryl methyl sites for hydroxylation is 1. The molecule has 0 saturated carbocycles. The molecule has 110 valence electrons. The molecule has 1 rings (SSSR count). The number of carboxylic acid groups (broad SMARTS) is 1. The van der Waals surface area contributed by atoms with Gasteiger partial charge in [0.15, 0.2) is 0 Å². The lowest BCUT2D eigenvalue weighted by molar-refractivity contribution is -0.139. The largest absolute Gasteiger partial charge is 0.480 e. The summed E-state index contributed by atoms with van der Waals surface area (Å²) in [5.41, 5.74) is 1.42. The third-order valence-electron chi connectivity index (χ3n) is 2.74. The van der Waals surface area contributed by atoms with E-state index in [0.717, 1.165) is 5.56 Å². The highest BCUT2D eigenvalue weighted by molar-refractivity contribution is 6.31. The van der Waals surface area contributed by atoms with E-state index in [0.29, 0.717) is 17.1 Å². The lowest BCUT2D eigenvalue weighted by Gasteiger charge is -2.17. The minimum absolute atomic E-state index is 0.171. The van der Waals surface area contributed by atoms with Crippen LogP contribution in [0.5, 0.6) is 0 Å². The molecule has 0 fully saturated rings. The average Bonchev–Trinajstić information content (AvgIpc) is 2.32. The summed E-state index contributed by atoms with van der Waals surface area (Å²) in [6.45, 7) is 5.65. The van der Waals surface area contributed by atoms with Gasteiger partial charge < -0.3 is 15.7 Å². The molecule has 0 unspecified atom stereocenters. The smallest absolute Gasteiger partial charge is 0.326 e. The van der Waals surface area contributed by atoms with Gasteiger partial charge in [-0.25, -0.2) is 9.59 Å². The highest BCUT2D eigenvalue weighted by atomic mass is 35.5. The Labute approximate surface area is 123 Å². The molecule has 0 heterocycles. The van der Waals surface area contributed by atoms with Crippen molar-refractivity contribution >= 4 is 29.3 Å². The summed E-state index contributed by atoms with van der Waals surface area (Å²) >= 11 is 5.96. The first-order valence-corrected chi connectivity index (χ1v) is 6.74. The minimum Gasteiger partial charge on any atom is -0.480 e. The van der Waals surface area contributed by atoms with Crippen LogP contribution in [0.4, 0.5) is 10.5 Å². The van der Waals surface area contributed by atoms with Crippen molar-refractivity contribution in [1.29, 1.82) is 0 Å². The molecule has 1 aromatic carbocycles. The van der Waals surface area contributed by atoms with Gasteiger partial charge in [-0.2, -0.15) is 0 Å². The number of carbonyl (C=O) groups is 2. The molecule has 0 radical (unpaired) electrons. The van der Waals surface area contributed by atoms with Crippen LogP contribution in [0.15, 0.2) is 18.2 Å². The average molecular weight is 299 g/mol. The Bertz CT molecular complexity index is 503. The van der Waals surface area contributed by atoms with Gasteiger partial charge in [-0.05, 0) is 37.0 Å². The van der Waals surface area contributed by atoms with Gasteiger partial charge in [0.2, 0.25) is 0 Å². The molecule has 0 aromatic heterocycles. The minimum atomic E-state index is -1.05. The second-order valence-corrected chi connectivity index (χ2v) is 5.49. The number of carboxylic acids is 1. The first kappa shape index (κ1) is 16.3. The van der Waals surface area contributed by atoms with Gasteiger partial charge in [-0.1, -0.05) is 31.5 Å². The van der Waals surface area contributed by atoms with E-state index in [1.54, 1.807) is 18.2 Å². The number of urea groups is 1. The van der Waals surface area contributed by atoms with Crippen molar-refractivity contribution in [2.24, 2.45) is 5.92 Å². The van der Waals surface area contributed by atoms with Crippen molar-refractivity contribution < 1.29 is 14.7 Å². The summed E-state index contributed by atoms with van der Waals surface area (Å²) in [6, 6.07) is 3.64. The van der Waals surface area contributed by atoms with Crippen molar-refractivity contribution in [3.05, 3.63) is 28.8 Å². The van der Waals surface area contributed by atoms with Crippen molar-refractivity contribution in [2.75, 3.05) is 5.32 Å². The fourth-order valence-electron chi connectivity index (χ4n) is 1.69. The van der Waals surface area contributed by atoms with Crippen LogP contribution in [0, 0.1) is 12.8 Å². The summed E-state index contributed by atoms with van der Waals surface area (Å²) in [6.07, 6.45) is 0.372. The number of hydrogen-bond acceptors (Lipinski definition) is 2. The number of hydrogen-bond donors (Lipinski definition) is 3. The fraction of sp³-hybridized carbons (Fsp3) is 0.429. The maximum absolute atomic E-state index is 11.8. The second-order valence-electron chi connectivity index (χ2n) is 5.08. The molecular formula is C14H19ClN2O3. The van der Waals surface area contributed by atoms with E-state index in [1.165, 1.54) is 0 Å². The molecule has 0 saturated heterocycles. The van der Waals surface area contributed by atoms with Crippen LogP contribution in [-0.2, 0) is 4.79 Å². The van der Waals surface area contributed by atoms with Gasteiger partial charge in [-0.15, -0.1) is 0 Å². The first-order valence-electron chi connectivity index (χ1n) is 6.36. The second kappa shape index (κ2) is 7.14. The van der Waals surface area contributed by atoms with Crippen LogP contribution >= 0.6 is 11.6 Å². The van der Waals surface area contributed by atoms with Gasteiger partial charge in [-0.3, -0.25) is 0 Å². The fourth-order valence-corrected chi connectivity index (χ4v) is 1.87. The third-order valence-corrected chi connectivity index (χ3v) is 3.15. The topological polar surface area (TPSA) is 78.4 Å². The Morgan fingerprint density at radius 2 is 2.00 bits per heavy atom. The highest BCUT2D eigenvalue weighted by Crippen LogP contribution is 2.19. The molecule has 3 N–H and O–H groups in total. The van der Waals surface area contributed by atoms with Crippen molar-refractivity contribution in [3.8, 4) is 0 Å². The molecule has 2 amide bonds. The van der Waals surface area contributed by atoms with Gasteiger partial charge in [0.25, 0.3) is 0 Å². The molecule has 0 spiro atoms. The SMILES string of the molecule is Cc1ccc(NC(=O)N[C@@H](CC(C)C)C(=O)O)cc1Cl. The molecule has 0 bridgehead atoms. The highest BCUT2D eigenvalue weighted by Gasteiger charge is 2.21. The Hall–Kier alpha value is -1.75.